The number of carbonyl (C=O) groups excluding carboxylic acids is 1. The van der Waals surface area contributed by atoms with Crippen molar-refractivity contribution in [2.24, 2.45) is 10.7 Å². The number of hydrogen-bond acceptors (Lipinski definition) is 11. The molecule has 1 saturated heterocycles. The van der Waals surface area contributed by atoms with Gasteiger partial charge in [-0.15, -0.1) is 0 Å². The predicted octanol–water partition coefficient (Wildman–Crippen LogP) is 4.20. The van der Waals surface area contributed by atoms with Gasteiger partial charge >= 0.3 is 6.01 Å². The largest absolute Gasteiger partial charge is 0.459 e. The van der Waals surface area contributed by atoms with Crippen molar-refractivity contribution < 1.29 is 13.9 Å². The summed E-state index contributed by atoms with van der Waals surface area (Å²) < 4.78 is 19.5. The summed E-state index contributed by atoms with van der Waals surface area (Å²) in [5.41, 5.74) is 11.8. The number of hydrogen-bond donors (Lipinski definition) is 4. The topological polar surface area (TPSA) is 163 Å². The average molecular weight is 646 g/mol. The first-order valence-electron chi connectivity index (χ1n) is 15.6. The third kappa shape index (κ3) is 8.79. The summed E-state index contributed by atoms with van der Waals surface area (Å²) in [4.78, 5) is 38.9. The number of H-pyrrole nitrogens is 1. The lowest BCUT2D eigenvalue weighted by Crippen LogP contribution is -2.27. The number of benzene rings is 1. The van der Waals surface area contributed by atoms with E-state index in [4.69, 9.17) is 10.5 Å². The zero-order valence-corrected chi connectivity index (χ0v) is 27.8. The van der Waals surface area contributed by atoms with Crippen LogP contribution < -0.4 is 26.0 Å². The molecule has 0 bridgehead atoms. The number of para-hydroxylation sites is 1. The average Bonchev–Trinajstić information content (AvgIpc) is 3.71. The molecule has 1 atom stereocenters. The van der Waals surface area contributed by atoms with Gasteiger partial charge in [-0.05, 0) is 51.8 Å². The van der Waals surface area contributed by atoms with Crippen molar-refractivity contribution in [1.82, 2.24) is 35.1 Å². The van der Waals surface area contributed by atoms with Crippen LogP contribution >= 0.6 is 0 Å². The van der Waals surface area contributed by atoms with E-state index in [2.05, 4.69) is 46.6 Å². The molecule has 1 fully saturated rings. The molecular weight excluding hydrogens is 601 g/mol. The van der Waals surface area contributed by atoms with Crippen molar-refractivity contribution in [3.8, 4) is 17.3 Å². The van der Waals surface area contributed by atoms with E-state index in [1.165, 1.54) is 0 Å². The molecule has 1 aliphatic rings. The molecule has 4 aromatic rings. The monoisotopic (exact) mass is 645 g/mol. The van der Waals surface area contributed by atoms with Gasteiger partial charge in [-0.2, -0.15) is 9.98 Å². The van der Waals surface area contributed by atoms with E-state index in [1.54, 1.807) is 12.3 Å². The summed E-state index contributed by atoms with van der Waals surface area (Å²) >= 11 is 0. The zero-order valence-electron chi connectivity index (χ0n) is 27.8. The fourth-order valence-electron chi connectivity index (χ4n) is 5.22. The van der Waals surface area contributed by atoms with E-state index in [1.807, 2.05) is 69.9 Å². The molecule has 5 N–H and O–H groups in total. The van der Waals surface area contributed by atoms with Crippen LogP contribution in [0.3, 0.4) is 0 Å². The Bertz CT molecular complexity index is 1720. The van der Waals surface area contributed by atoms with Gasteiger partial charge in [0, 0.05) is 69.3 Å². The van der Waals surface area contributed by atoms with Gasteiger partial charge in [0.1, 0.15) is 18.2 Å². The number of nitrogens with one attached hydrogen (secondary N) is 3. The smallest absolute Gasteiger partial charge is 0.318 e. The lowest BCUT2D eigenvalue weighted by molar-refractivity contribution is -0.108. The van der Waals surface area contributed by atoms with E-state index < -0.39 is 5.82 Å². The van der Waals surface area contributed by atoms with Crippen LogP contribution in [0, 0.1) is 12.7 Å². The number of fused-ring (bicyclic) bond motifs is 1. The minimum Gasteiger partial charge on any atom is -0.459 e. The molecule has 0 spiro atoms. The molecular formula is C33H44FN11O2. The highest BCUT2D eigenvalue weighted by Gasteiger charge is 2.25. The predicted molar refractivity (Wildman–Crippen MR) is 185 cm³/mol. The van der Waals surface area contributed by atoms with E-state index in [-0.39, 0.29) is 17.9 Å². The minimum absolute atomic E-state index is 0.0556. The van der Waals surface area contributed by atoms with Crippen LogP contribution in [0.5, 0.6) is 6.01 Å². The van der Waals surface area contributed by atoms with Crippen molar-refractivity contribution in [2.45, 2.75) is 40.2 Å². The van der Waals surface area contributed by atoms with Crippen LogP contribution in [0.4, 0.5) is 21.8 Å². The molecule has 47 heavy (non-hydrogen) atoms. The molecule has 250 valence electrons. The number of aliphatic imine (C=N–C) groups is 1. The number of anilines is 2. The number of aryl methyl sites for hydroxylation is 1. The number of aromatic amines is 1. The first-order chi connectivity index (χ1) is 22.7. The molecule has 1 aromatic carbocycles. The molecule has 0 aliphatic carbocycles. The van der Waals surface area contributed by atoms with Crippen molar-refractivity contribution >= 4 is 40.5 Å². The van der Waals surface area contributed by atoms with Gasteiger partial charge in [0.2, 0.25) is 0 Å². The van der Waals surface area contributed by atoms with Crippen LogP contribution in [0.1, 0.15) is 32.8 Å². The van der Waals surface area contributed by atoms with Gasteiger partial charge in [-0.25, -0.2) is 19.3 Å². The number of halogens is 1. The zero-order chi connectivity index (χ0) is 33.9. The van der Waals surface area contributed by atoms with Gasteiger partial charge in [0.15, 0.2) is 11.6 Å². The summed E-state index contributed by atoms with van der Waals surface area (Å²) in [5, 5.41) is 7.29. The second-order valence-corrected chi connectivity index (χ2v) is 10.9. The molecule has 1 aliphatic heterocycles. The molecule has 0 saturated carbocycles. The molecule has 13 nitrogen and oxygen atoms in total. The van der Waals surface area contributed by atoms with Crippen molar-refractivity contribution in [3.05, 3.63) is 59.9 Å². The second kappa shape index (κ2) is 16.5. The Morgan fingerprint density at radius 1 is 1.23 bits per heavy atom. The maximum atomic E-state index is 13.8. The van der Waals surface area contributed by atoms with Crippen molar-refractivity contribution in [3.63, 3.8) is 0 Å². The maximum Gasteiger partial charge on any atom is 0.318 e. The number of amidine groups is 1. The highest BCUT2D eigenvalue weighted by Crippen LogP contribution is 2.33. The summed E-state index contributed by atoms with van der Waals surface area (Å²) in [5.74, 6) is 0.512. The third-order valence-electron chi connectivity index (χ3n) is 7.79. The molecule has 0 amide bonds. The Balaban J connectivity index is 0.000000218. The number of carbonyl (C=O) groups is 1. The number of ether oxygens (including phenoxy) is 1. The van der Waals surface area contributed by atoms with Gasteiger partial charge < -0.3 is 35.8 Å². The van der Waals surface area contributed by atoms with Crippen LogP contribution in [0.25, 0.3) is 22.2 Å². The fourth-order valence-corrected chi connectivity index (χ4v) is 5.22. The third-order valence-corrected chi connectivity index (χ3v) is 7.79. The Labute approximate surface area is 274 Å². The van der Waals surface area contributed by atoms with Crippen LogP contribution in [-0.4, -0.2) is 94.9 Å². The van der Waals surface area contributed by atoms with Crippen molar-refractivity contribution in [2.75, 3.05) is 57.0 Å². The summed E-state index contributed by atoms with van der Waals surface area (Å²) in [7, 11) is 3.73. The highest BCUT2D eigenvalue weighted by atomic mass is 19.1. The minimum atomic E-state index is -0.444. The lowest BCUT2D eigenvalue weighted by Gasteiger charge is -2.21. The first kappa shape index (κ1) is 34.8. The number of allylic oxidation sites excluding steroid dienone is 1. The number of rotatable bonds is 12. The van der Waals surface area contributed by atoms with E-state index in [0.29, 0.717) is 38.0 Å². The molecule has 0 radical (unpaired) electrons. The molecule has 5 rings (SSSR count). The van der Waals surface area contributed by atoms with E-state index >= 15 is 0 Å². The van der Waals surface area contributed by atoms with Gasteiger partial charge in [0.05, 0.1) is 29.6 Å². The van der Waals surface area contributed by atoms with E-state index in [9.17, 15) is 9.18 Å². The van der Waals surface area contributed by atoms with Crippen LogP contribution in [-0.2, 0) is 4.79 Å². The Morgan fingerprint density at radius 2 is 2.02 bits per heavy atom. The lowest BCUT2D eigenvalue weighted by atomic mass is 10.1. The number of nitrogens with zero attached hydrogens (tertiary/aromatic N) is 7. The van der Waals surface area contributed by atoms with Gasteiger partial charge in [-0.1, -0.05) is 12.1 Å². The normalized spacial score (nSPS) is 15.3. The highest BCUT2D eigenvalue weighted by molar-refractivity contribution is 6.01. The SMILES string of the molecule is CCN(CC)c1nc(OC2CCN(CC=O)C2)ncc1F.CN/C(C)=C\C(N)=N/c1ncc(C)c(-c2c[nH]c3c(NC)cccc23)n1. The Kier molecular flexibility index (Phi) is 12.2. The molecule has 1 unspecified atom stereocenters. The number of aldehydes is 1. The Hall–Kier alpha value is -5.11. The molecule has 3 aromatic heterocycles. The standard InChI is InChI=1S/C19H23N7.C14H21FN4O2/c1-11-9-24-19(25-16(20)8-12(2)21-3)26-17(11)14-10-23-18-13(14)6-5-7-15(18)22-4;1-3-19(4-2)13-12(15)9-16-14(17-13)21-11-5-6-18(10-11)7-8-20/h5-10,21-23H,1-4H3,(H2,20,24,25,26);8-9,11H,3-7,10H2,1-2H3/b12-8-;. The first-order valence-corrected chi connectivity index (χ1v) is 15.6. The summed E-state index contributed by atoms with van der Waals surface area (Å²) in [6, 6.07) is 6.31. The van der Waals surface area contributed by atoms with Gasteiger partial charge in [-0.3, -0.25) is 4.90 Å². The number of aromatic nitrogens is 5. The summed E-state index contributed by atoms with van der Waals surface area (Å²) in [6.07, 6.45) is 8.26. The Morgan fingerprint density at radius 3 is 2.72 bits per heavy atom. The van der Waals surface area contributed by atoms with E-state index in [0.717, 1.165) is 64.6 Å². The maximum absolute atomic E-state index is 13.8. The van der Waals surface area contributed by atoms with Gasteiger partial charge in [0.25, 0.3) is 5.95 Å². The van der Waals surface area contributed by atoms with Crippen molar-refractivity contribution in [1.29, 1.82) is 0 Å². The molecule has 14 heteroatoms. The van der Waals surface area contributed by atoms with Crippen LogP contribution in [0.15, 0.2) is 53.6 Å². The summed E-state index contributed by atoms with van der Waals surface area (Å²) in [6.45, 7) is 11.0. The second-order valence-electron chi connectivity index (χ2n) is 10.9. The number of likely N-dealkylation sites (tertiary alicyclic amines) is 1. The number of nitrogens with two attached hydrogens (primary N) is 1. The van der Waals surface area contributed by atoms with Crippen LogP contribution in [0.2, 0.25) is 0 Å². The fraction of sp³-hybridized carbons (Fsp3) is 0.394. The molecule has 4 heterocycles. The quantitative estimate of drug-likeness (QED) is 0.0992.